The highest BCUT2D eigenvalue weighted by molar-refractivity contribution is 5.69. The molecule has 1 unspecified atom stereocenters. The van der Waals surface area contributed by atoms with Crippen molar-refractivity contribution in [3.8, 4) is 0 Å². The van der Waals surface area contributed by atoms with Crippen LogP contribution in [0.25, 0.3) is 0 Å². The summed E-state index contributed by atoms with van der Waals surface area (Å²) in [6, 6.07) is 0. The number of allylic oxidation sites excluding steroid dienone is 1. The van der Waals surface area contributed by atoms with Gasteiger partial charge in [0.2, 0.25) is 0 Å². The molecule has 0 rings (SSSR count). The van der Waals surface area contributed by atoms with Crippen LogP contribution in [0, 0.1) is 0 Å². The minimum atomic E-state index is -0.0884. The van der Waals surface area contributed by atoms with Crippen LogP contribution >= 0.6 is 0 Å². The summed E-state index contributed by atoms with van der Waals surface area (Å²) in [7, 11) is 0. The molecule has 0 aromatic rings. The Kier molecular flexibility index (Phi) is 34.4. The number of esters is 2. The Bertz CT molecular complexity index is 668. The molecule has 266 valence electrons. The van der Waals surface area contributed by atoms with E-state index in [4.69, 9.17) is 9.47 Å². The van der Waals surface area contributed by atoms with Gasteiger partial charge in [-0.2, -0.15) is 0 Å². The number of nitrogens with zero attached hydrogens (tertiary/aromatic N) is 1. The molecule has 0 aromatic heterocycles. The molecule has 45 heavy (non-hydrogen) atoms. The van der Waals surface area contributed by atoms with Gasteiger partial charge in [-0.3, -0.25) is 9.59 Å². The predicted molar refractivity (Wildman–Crippen MR) is 191 cm³/mol. The number of aliphatic hydroxyl groups excluding tert-OH is 1. The van der Waals surface area contributed by atoms with E-state index in [1.165, 1.54) is 77.0 Å². The fraction of sp³-hybridized carbons (Fsp3) is 0.897. The van der Waals surface area contributed by atoms with Crippen molar-refractivity contribution in [1.82, 2.24) is 4.90 Å². The van der Waals surface area contributed by atoms with Crippen molar-refractivity contribution in [2.75, 3.05) is 32.8 Å². The standard InChI is InChI=1S/C39H75NO5/c1-4-7-10-15-22-29-37(28-21-12-9-6-3)45-39(43)31-24-17-14-19-26-33-40(34-35-41)32-25-18-13-16-23-30-38(42)44-36-27-20-11-8-5-2/h20,27,37,41H,4-19,21-26,28-36H2,1-3H3/b27-20-. The quantitative estimate of drug-likeness (QED) is 0.0423. The van der Waals surface area contributed by atoms with Crippen molar-refractivity contribution in [2.45, 2.75) is 194 Å². The molecular weight excluding hydrogens is 562 g/mol. The first kappa shape index (κ1) is 43.6. The average molecular weight is 638 g/mol. The molecule has 0 radical (unpaired) electrons. The lowest BCUT2D eigenvalue weighted by atomic mass is 10.0. The lowest BCUT2D eigenvalue weighted by molar-refractivity contribution is -0.150. The van der Waals surface area contributed by atoms with Gasteiger partial charge in [0.1, 0.15) is 12.7 Å². The summed E-state index contributed by atoms with van der Waals surface area (Å²) in [6.07, 6.45) is 32.8. The number of unbranched alkanes of at least 4 members (excludes halogenated alkanes) is 17. The fourth-order valence-electron chi connectivity index (χ4n) is 5.75. The van der Waals surface area contributed by atoms with Crippen molar-refractivity contribution >= 4 is 11.9 Å². The van der Waals surface area contributed by atoms with E-state index in [9.17, 15) is 14.7 Å². The van der Waals surface area contributed by atoms with E-state index >= 15 is 0 Å². The molecule has 0 amide bonds. The smallest absolute Gasteiger partial charge is 0.306 e. The normalized spacial score (nSPS) is 12.3. The second-order valence-corrected chi connectivity index (χ2v) is 13.1. The van der Waals surface area contributed by atoms with E-state index in [1.807, 2.05) is 6.08 Å². The minimum absolute atomic E-state index is 0.00342. The van der Waals surface area contributed by atoms with Gasteiger partial charge in [0.15, 0.2) is 0 Å². The Balaban J connectivity index is 3.91. The van der Waals surface area contributed by atoms with Crippen LogP contribution in [0.5, 0.6) is 0 Å². The number of ether oxygens (including phenoxy) is 2. The molecule has 0 aliphatic rings. The summed E-state index contributed by atoms with van der Waals surface area (Å²) in [6.45, 7) is 10.1. The Labute approximate surface area is 279 Å². The largest absolute Gasteiger partial charge is 0.462 e. The van der Waals surface area contributed by atoms with Gasteiger partial charge < -0.3 is 19.5 Å². The number of rotatable bonds is 35. The van der Waals surface area contributed by atoms with Crippen LogP contribution in [0.15, 0.2) is 12.2 Å². The molecule has 0 saturated heterocycles. The summed E-state index contributed by atoms with van der Waals surface area (Å²) in [5, 5.41) is 9.48. The van der Waals surface area contributed by atoms with Crippen LogP contribution in [-0.4, -0.2) is 60.9 Å². The topological polar surface area (TPSA) is 76.1 Å². The Hall–Kier alpha value is -1.40. The molecule has 1 N–H and O–H groups in total. The van der Waals surface area contributed by atoms with E-state index in [1.54, 1.807) is 0 Å². The average Bonchev–Trinajstić information content (AvgIpc) is 3.03. The van der Waals surface area contributed by atoms with Gasteiger partial charge >= 0.3 is 11.9 Å². The molecule has 0 bridgehead atoms. The Morgan fingerprint density at radius 1 is 0.578 bits per heavy atom. The maximum atomic E-state index is 12.5. The third kappa shape index (κ3) is 32.3. The van der Waals surface area contributed by atoms with Crippen molar-refractivity contribution in [2.24, 2.45) is 0 Å². The van der Waals surface area contributed by atoms with Crippen molar-refractivity contribution in [3.05, 3.63) is 12.2 Å². The van der Waals surface area contributed by atoms with E-state index in [-0.39, 0.29) is 24.6 Å². The molecule has 6 nitrogen and oxygen atoms in total. The monoisotopic (exact) mass is 638 g/mol. The maximum Gasteiger partial charge on any atom is 0.306 e. The molecule has 0 aliphatic heterocycles. The number of carbonyl (C=O) groups excluding carboxylic acids is 2. The van der Waals surface area contributed by atoms with Gasteiger partial charge in [0.25, 0.3) is 0 Å². The maximum absolute atomic E-state index is 12.5. The van der Waals surface area contributed by atoms with E-state index < -0.39 is 0 Å². The highest BCUT2D eigenvalue weighted by Crippen LogP contribution is 2.17. The lowest BCUT2D eigenvalue weighted by Gasteiger charge is -2.21. The number of carbonyl (C=O) groups is 2. The van der Waals surface area contributed by atoms with Crippen LogP contribution in [0.2, 0.25) is 0 Å². The Morgan fingerprint density at radius 3 is 1.64 bits per heavy atom. The second-order valence-electron chi connectivity index (χ2n) is 13.1. The molecule has 1 atom stereocenters. The van der Waals surface area contributed by atoms with Gasteiger partial charge in [0, 0.05) is 19.4 Å². The van der Waals surface area contributed by atoms with Crippen LogP contribution in [-0.2, 0) is 19.1 Å². The number of hydrogen-bond acceptors (Lipinski definition) is 6. The number of hydrogen-bond donors (Lipinski definition) is 1. The molecule has 0 aromatic carbocycles. The molecule has 0 aliphatic carbocycles. The summed E-state index contributed by atoms with van der Waals surface area (Å²) in [5.74, 6) is -0.0850. The van der Waals surface area contributed by atoms with Gasteiger partial charge in [-0.1, -0.05) is 129 Å². The first-order valence-corrected chi connectivity index (χ1v) is 19.4. The third-order valence-electron chi connectivity index (χ3n) is 8.67. The molecule has 0 spiro atoms. The molecule has 0 saturated carbocycles. The minimum Gasteiger partial charge on any atom is -0.462 e. The van der Waals surface area contributed by atoms with Crippen LogP contribution < -0.4 is 0 Å². The fourth-order valence-corrected chi connectivity index (χ4v) is 5.75. The molecule has 6 heteroatoms. The van der Waals surface area contributed by atoms with Gasteiger partial charge in [0.05, 0.1) is 6.61 Å². The van der Waals surface area contributed by atoms with Crippen molar-refractivity contribution in [3.63, 3.8) is 0 Å². The predicted octanol–water partition coefficient (Wildman–Crippen LogP) is 10.5. The van der Waals surface area contributed by atoms with Gasteiger partial charge in [-0.25, -0.2) is 0 Å². The van der Waals surface area contributed by atoms with E-state index in [2.05, 4.69) is 31.7 Å². The SMILES string of the molecule is CCCC/C=C\COC(=O)CCCCCCCN(CCO)CCCCCCCC(=O)OC(CCCCCC)CCCCCCC. The summed E-state index contributed by atoms with van der Waals surface area (Å²) >= 11 is 0. The van der Waals surface area contributed by atoms with Gasteiger partial charge in [-0.15, -0.1) is 0 Å². The Morgan fingerprint density at radius 2 is 1.07 bits per heavy atom. The van der Waals surface area contributed by atoms with Crippen LogP contribution in [0.3, 0.4) is 0 Å². The highest BCUT2D eigenvalue weighted by atomic mass is 16.5. The lowest BCUT2D eigenvalue weighted by Crippen LogP contribution is -2.29. The first-order valence-electron chi connectivity index (χ1n) is 19.4. The third-order valence-corrected chi connectivity index (χ3v) is 8.67. The van der Waals surface area contributed by atoms with Crippen molar-refractivity contribution < 1.29 is 24.2 Å². The summed E-state index contributed by atoms with van der Waals surface area (Å²) in [4.78, 5) is 26.8. The molecular formula is C39H75NO5. The van der Waals surface area contributed by atoms with E-state index in [0.29, 0.717) is 19.4 Å². The zero-order chi connectivity index (χ0) is 33.1. The van der Waals surface area contributed by atoms with Crippen molar-refractivity contribution in [1.29, 1.82) is 0 Å². The van der Waals surface area contributed by atoms with Crippen LogP contribution in [0.1, 0.15) is 188 Å². The molecule has 0 heterocycles. The summed E-state index contributed by atoms with van der Waals surface area (Å²) in [5.41, 5.74) is 0. The highest BCUT2D eigenvalue weighted by Gasteiger charge is 2.14. The van der Waals surface area contributed by atoms with E-state index in [0.717, 1.165) is 96.7 Å². The van der Waals surface area contributed by atoms with Gasteiger partial charge in [-0.05, 0) is 70.9 Å². The van der Waals surface area contributed by atoms with Crippen LogP contribution in [0.4, 0.5) is 0 Å². The molecule has 0 fully saturated rings. The number of aliphatic hydroxyl groups is 1. The first-order chi connectivity index (χ1) is 22.1. The second kappa shape index (κ2) is 35.5. The zero-order valence-electron chi connectivity index (χ0n) is 30.2. The summed E-state index contributed by atoms with van der Waals surface area (Å²) < 4.78 is 11.2. The zero-order valence-corrected chi connectivity index (χ0v) is 30.2.